The number of hydrogen-bond acceptors (Lipinski definition) is 5. The van der Waals surface area contributed by atoms with Crippen LogP contribution in [-0.4, -0.2) is 44.8 Å². The molecule has 1 aliphatic carbocycles. The van der Waals surface area contributed by atoms with Crippen LogP contribution in [0.25, 0.3) is 0 Å². The van der Waals surface area contributed by atoms with Crippen molar-refractivity contribution in [3.8, 4) is 0 Å². The van der Waals surface area contributed by atoms with Crippen LogP contribution in [0.4, 0.5) is 0 Å². The van der Waals surface area contributed by atoms with E-state index in [4.69, 9.17) is 5.11 Å². The van der Waals surface area contributed by atoms with Crippen LogP contribution in [0, 0.1) is 5.92 Å². The molecule has 0 saturated heterocycles. The highest BCUT2D eigenvalue weighted by molar-refractivity contribution is 8.76. The molecule has 0 spiro atoms. The summed E-state index contributed by atoms with van der Waals surface area (Å²) in [6, 6.07) is 0. The van der Waals surface area contributed by atoms with Crippen molar-refractivity contribution >= 4 is 33.5 Å². The van der Waals surface area contributed by atoms with Gasteiger partial charge in [-0.3, -0.25) is 14.3 Å². The molecule has 0 aromatic carbocycles. The normalized spacial score (nSPS) is 14.1. The number of carboxylic acids is 1. The second kappa shape index (κ2) is 9.36. The van der Waals surface area contributed by atoms with Gasteiger partial charge in [0.2, 0.25) is 0 Å². The van der Waals surface area contributed by atoms with E-state index < -0.39 is 5.97 Å². The topological polar surface area (TPSA) is 84.2 Å². The molecular weight excluding hydrogens is 346 g/mol. The second-order valence-corrected chi connectivity index (χ2v) is 9.04. The van der Waals surface area contributed by atoms with Gasteiger partial charge in [0.1, 0.15) is 0 Å². The summed E-state index contributed by atoms with van der Waals surface area (Å²) in [4.78, 5) is 22.8. The molecule has 1 amide bonds. The molecule has 6 nitrogen and oxygen atoms in total. The molecule has 2 N–H and O–H groups in total. The van der Waals surface area contributed by atoms with E-state index in [1.54, 1.807) is 17.0 Å². The molecule has 1 aliphatic rings. The first-order chi connectivity index (χ1) is 11.5. The standard InChI is InChI=1S/C16H25N3O3S2/c1-11(2)10-19-15(12-3-4-12)13(9-18-19)16(22)17-6-8-24-23-7-5-14(20)21/h9,11-12H,3-8,10H2,1-2H3,(H,17,22)(H,20,21). The van der Waals surface area contributed by atoms with Crippen molar-refractivity contribution < 1.29 is 14.7 Å². The van der Waals surface area contributed by atoms with Crippen molar-refractivity contribution in [3.63, 3.8) is 0 Å². The molecule has 1 heterocycles. The van der Waals surface area contributed by atoms with Crippen molar-refractivity contribution in [2.75, 3.05) is 18.1 Å². The van der Waals surface area contributed by atoms with Crippen LogP contribution in [-0.2, 0) is 11.3 Å². The van der Waals surface area contributed by atoms with Crippen LogP contribution in [0.15, 0.2) is 6.20 Å². The molecule has 0 radical (unpaired) electrons. The number of aromatic nitrogens is 2. The van der Waals surface area contributed by atoms with Gasteiger partial charge in [0.25, 0.3) is 5.91 Å². The summed E-state index contributed by atoms with van der Waals surface area (Å²) in [7, 11) is 3.11. The molecule has 1 fully saturated rings. The number of amides is 1. The highest BCUT2D eigenvalue weighted by Gasteiger charge is 2.32. The maximum Gasteiger partial charge on any atom is 0.304 e. The Bertz CT molecular complexity index is 571. The zero-order chi connectivity index (χ0) is 17.5. The number of rotatable bonds is 11. The van der Waals surface area contributed by atoms with Crippen molar-refractivity contribution in [1.29, 1.82) is 0 Å². The Morgan fingerprint density at radius 3 is 2.71 bits per heavy atom. The third-order valence-electron chi connectivity index (χ3n) is 3.58. The fraction of sp³-hybridized carbons (Fsp3) is 0.688. The van der Waals surface area contributed by atoms with Crippen LogP contribution in [0.3, 0.4) is 0 Å². The Morgan fingerprint density at radius 1 is 1.38 bits per heavy atom. The van der Waals surface area contributed by atoms with Crippen molar-refractivity contribution in [2.45, 2.75) is 45.6 Å². The monoisotopic (exact) mass is 371 g/mol. The molecule has 0 unspecified atom stereocenters. The molecule has 24 heavy (non-hydrogen) atoms. The summed E-state index contributed by atoms with van der Waals surface area (Å²) in [6.07, 6.45) is 4.14. The molecule has 0 aliphatic heterocycles. The minimum Gasteiger partial charge on any atom is -0.481 e. The highest BCUT2D eigenvalue weighted by atomic mass is 33.1. The fourth-order valence-electron chi connectivity index (χ4n) is 2.40. The number of nitrogens with zero attached hydrogens (tertiary/aromatic N) is 2. The number of hydrogen-bond donors (Lipinski definition) is 2. The Kier molecular flexibility index (Phi) is 7.48. The number of aliphatic carboxylic acids is 1. The Labute approximate surface area is 150 Å². The first-order valence-corrected chi connectivity index (χ1v) is 10.8. The maximum atomic E-state index is 12.4. The molecule has 1 aromatic rings. The summed E-state index contributed by atoms with van der Waals surface area (Å²) in [5.74, 6) is 1.49. The van der Waals surface area contributed by atoms with Gasteiger partial charge in [-0.15, -0.1) is 0 Å². The van der Waals surface area contributed by atoms with E-state index in [1.807, 2.05) is 4.68 Å². The van der Waals surface area contributed by atoms with Gasteiger partial charge in [-0.25, -0.2) is 0 Å². The molecule has 0 bridgehead atoms. The van der Waals surface area contributed by atoms with Gasteiger partial charge in [-0.1, -0.05) is 35.4 Å². The summed E-state index contributed by atoms with van der Waals surface area (Å²) in [6.45, 7) is 5.72. The number of carbonyl (C=O) groups is 2. The van der Waals surface area contributed by atoms with Gasteiger partial charge in [0.05, 0.1) is 23.9 Å². The lowest BCUT2D eigenvalue weighted by Crippen LogP contribution is -2.26. The molecule has 8 heteroatoms. The quantitative estimate of drug-likeness (QED) is 0.459. The van der Waals surface area contributed by atoms with Crippen LogP contribution in [0.5, 0.6) is 0 Å². The average molecular weight is 372 g/mol. The fourth-order valence-corrected chi connectivity index (χ4v) is 4.28. The van der Waals surface area contributed by atoms with Crippen molar-refractivity contribution in [2.24, 2.45) is 5.92 Å². The first-order valence-electron chi connectivity index (χ1n) is 8.29. The Balaban J connectivity index is 1.78. The Morgan fingerprint density at radius 2 is 2.08 bits per heavy atom. The molecule has 0 atom stereocenters. The summed E-state index contributed by atoms with van der Waals surface area (Å²) < 4.78 is 1.99. The van der Waals surface area contributed by atoms with Gasteiger partial charge in [-0.05, 0) is 18.8 Å². The van der Waals surface area contributed by atoms with E-state index in [9.17, 15) is 9.59 Å². The highest BCUT2D eigenvalue weighted by Crippen LogP contribution is 2.41. The van der Waals surface area contributed by atoms with E-state index in [0.29, 0.717) is 29.7 Å². The molecule has 1 saturated carbocycles. The first kappa shape index (κ1) is 19.2. The van der Waals surface area contributed by atoms with Gasteiger partial charge >= 0.3 is 5.97 Å². The maximum absolute atomic E-state index is 12.4. The Hall–Kier alpha value is -1.15. The zero-order valence-electron chi connectivity index (χ0n) is 14.2. The van der Waals surface area contributed by atoms with Crippen molar-refractivity contribution in [1.82, 2.24) is 15.1 Å². The van der Waals surface area contributed by atoms with E-state index in [1.165, 1.54) is 10.8 Å². The minimum absolute atomic E-state index is 0.0527. The van der Waals surface area contributed by atoms with E-state index in [-0.39, 0.29) is 12.3 Å². The third kappa shape index (κ3) is 6.05. The minimum atomic E-state index is -0.776. The summed E-state index contributed by atoms with van der Waals surface area (Å²) in [5, 5.41) is 15.9. The molecular formula is C16H25N3O3S2. The third-order valence-corrected chi connectivity index (χ3v) is 5.99. The predicted octanol–water partition coefficient (Wildman–Crippen LogP) is 3.00. The van der Waals surface area contributed by atoms with Gasteiger partial charge in [0, 0.05) is 30.5 Å². The van der Waals surface area contributed by atoms with E-state index in [0.717, 1.165) is 30.8 Å². The predicted molar refractivity (Wildman–Crippen MR) is 98.5 cm³/mol. The molecule has 134 valence electrons. The second-order valence-electron chi connectivity index (χ2n) is 6.34. The summed E-state index contributed by atoms with van der Waals surface area (Å²) in [5.41, 5.74) is 1.80. The van der Waals surface area contributed by atoms with Crippen LogP contribution in [0.2, 0.25) is 0 Å². The van der Waals surface area contributed by atoms with Gasteiger partial charge in [-0.2, -0.15) is 5.10 Å². The SMILES string of the molecule is CC(C)Cn1ncc(C(=O)NCCSSCCC(=O)O)c1C1CC1. The summed E-state index contributed by atoms with van der Waals surface area (Å²) >= 11 is 0. The molecule has 1 aromatic heterocycles. The lowest BCUT2D eigenvalue weighted by molar-refractivity contribution is -0.136. The van der Waals surface area contributed by atoms with Crippen LogP contribution >= 0.6 is 21.6 Å². The van der Waals surface area contributed by atoms with Gasteiger partial charge in [0.15, 0.2) is 0 Å². The largest absolute Gasteiger partial charge is 0.481 e. The smallest absolute Gasteiger partial charge is 0.304 e. The number of carboxylic acid groups (broad SMARTS) is 1. The lowest BCUT2D eigenvalue weighted by atomic mass is 10.1. The molecule has 2 rings (SSSR count). The van der Waals surface area contributed by atoms with Crippen LogP contribution in [0.1, 0.15) is 55.1 Å². The van der Waals surface area contributed by atoms with Crippen LogP contribution < -0.4 is 5.32 Å². The van der Waals surface area contributed by atoms with Crippen molar-refractivity contribution in [3.05, 3.63) is 17.5 Å². The number of nitrogens with one attached hydrogen (secondary N) is 1. The number of carbonyl (C=O) groups excluding carboxylic acids is 1. The lowest BCUT2D eigenvalue weighted by Gasteiger charge is -2.11. The van der Waals surface area contributed by atoms with E-state index >= 15 is 0 Å². The zero-order valence-corrected chi connectivity index (χ0v) is 15.8. The van der Waals surface area contributed by atoms with Gasteiger partial charge < -0.3 is 10.4 Å². The average Bonchev–Trinajstić information content (AvgIpc) is 3.26. The van der Waals surface area contributed by atoms with E-state index in [2.05, 4.69) is 24.3 Å².